The molecule has 1 heterocycles. The van der Waals surface area contributed by atoms with Crippen molar-refractivity contribution < 1.29 is 18.3 Å². The van der Waals surface area contributed by atoms with Crippen LogP contribution in [0.1, 0.15) is 48.3 Å². The van der Waals surface area contributed by atoms with Gasteiger partial charge < -0.3 is 14.4 Å². The second kappa shape index (κ2) is 13.5. The van der Waals surface area contributed by atoms with Gasteiger partial charge in [0, 0.05) is 38.6 Å². The van der Waals surface area contributed by atoms with E-state index < -0.39 is 0 Å². The highest BCUT2D eigenvalue weighted by Crippen LogP contribution is 2.31. The third-order valence-electron chi connectivity index (χ3n) is 7.33. The van der Waals surface area contributed by atoms with Gasteiger partial charge in [0.1, 0.15) is 11.6 Å². The van der Waals surface area contributed by atoms with Crippen LogP contribution in [0, 0.1) is 11.6 Å². The quantitative estimate of drug-likeness (QED) is 0.261. The molecule has 1 fully saturated rings. The summed E-state index contributed by atoms with van der Waals surface area (Å²) in [6, 6.07) is 19.6. The zero-order valence-electron chi connectivity index (χ0n) is 22.0. The van der Waals surface area contributed by atoms with Crippen LogP contribution in [0.4, 0.5) is 8.78 Å². The second-order valence-electron chi connectivity index (χ2n) is 9.81. The van der Waals surface area contributed by atoms with Crippen molar-refractivity contribution in [3.63, 3.8) is 0 Å². The van der Waals surface area contributed by atoms with E-state index in [1.54, 1.807) is 14.2 Å². The molecule has 198 valence electrons. The smallest absolute Gasteiger partial charge is 0.161 e. The molecule has 0 radical (unpaired) electrons. The molecular weight excluding hydrogens is 470 g/mol. The van der Waals surface area contributed by atoms with E-state index in [1.807, 2.05) is 30.3 Å². The Morgan fingerprint density at radius 1 is 0.676 bits per heavy atom. The van der Waals surface area contributed by atoms with Crippen LogP contribution in [-0.4, -0.2) is 56.7 Å². The normalized spacial score (nSPS) is 14.7. The van der Waals surface area contributed by atoms with Crippen molar-refractivity contribution in [3.8, 4) is 11.5 Å². The number of benzene rings is 3. The molecule has 3 aromatic rings. The topological polar surface area (TPSA) is 24.9 Å². The van der Waals surface area contributed by atoms with Crippen LogP contribution in [0.2, 0.25) is 0 Å². The maximum Gasteiger partial charge on any atom is 0.161 e. The van der Waals surface area contributed by atoms with Gasteiger partial charge in [-0.2, -0.15) is 0 Å². The number of rotatable bonds is 12. The maximum atomic E-state index is 13.5. The second-order valence-corrected chi connectivity index (χ2v) is 9.81. The predicted molar refractivity (Wildman–Crippen MR) is 144 cm³/mol. The van der Waals surface area contributed by atoms with E-state index in [4.69, 9.17) is 9.47 Å². The van der Waals surface area contributed by atoms with E-state index >= 15 is 0 Å². The zero-order valence-corrected chi connectivity index (χ0v) is 22.0. The average Bonchev–Trinajstić information content (AvgIpc) is 2.93. The first kappa shape index (κ1) is 27.1. The highest BCUT2D eigenvalue weighted by atomic mass is 19.1. The summed E-state index contributed by atoms with van der Waals surface area (Å²) in [7, 11) is 3.33. The van der Waals surface area contributed by atoms with Crippen LogP contribution in [-0.2, 0) is 6.54 Å². The number of piperazine rings is 1. The minimum Gasteiger partial charge on any atom is -0.493 e. The van der Waals surface area contributed by atoms with Gasteiger partial charge in [-0.25, -0.2) is 8.78 Å². The summed E-state index contributed by atoms with van der Waals surface area (Å²) in [5.74, 6) is 1.23. The predicted octanol–water partition coefficient (Wildman–Crippen LogP) is 6.49. The molecule has 1 aliphatic heterocycles. The van der Waals surface area contributed by atoms with Crippen LogP contribution >= 0.6 is 0 Å². The van der Waals surface area contributed by atoms with E-state index in [0.29, 0.717) is 0 Å². The minimum absolute atomic E-state index is 0.154. The SMILES string of the molecule is COc1ccc(CN2CCN(CCCCCC(c3ccc(F)cc3)c3ccc(F)cc3)CC2)cc1OC. The number of halogens is 2. The Balaban J connectivity index is 1.19. The molecule has 3 aromatic carbocycles. The van der Waals surface area contributed by atoms with Gasteiger partial charge in [-0.15, -0.1) is 0 Å². The molecule has 4 nitrogen and oxygen atoms in total. The molecule has 0 aromatic heterocycles. The monoisotopic (exact) mass is 508 g/mol. The third kappa shape index (κ3) is 7.76. The number of ether oxygens (including phenoxy) is 2. The van der Waals surface area contributed by atoms with Crippen molar-refractivity contribution in [2.75, 3.05) is 46.9 Å². The molecule has 0 spiro atoms. The van der Waals surface area contributed by atoms with Gasteiger partial charge in [-0.05, 0) is 72.5 Å². The lowest BCUT2D eigenvalue weighted by molar-refractivity contribution is 0.125. The molecule has 1 saturated heterocycles. The molecule has 0 bridgehead atoms. The molecule has 0 atom stereocenters. The molecule has 0 aliphatic carbocycles. The summed E-state index contributed by atoms with van der Waals surface area (Å²) in [6.45, 7) is 6.32. The van der Waals surface area contributed by atoms with Gasteiger partial charge in [0.15, 0.2) is 11.5 Å². The molecule has 6 heteroatoms. The molecule has 4 rings (SSSR count). The number of hydrogen-bond donors (Lipinski definition) is 0. The first-order valence-corrected chi connectivity index (χ1v) is 13.2. The summed E-state index contributed by atoms with van der Waals surface area (Å²) in [4.78, 5) is 5.05. The lowest BCUT2D eigenvalue weighted by atomic mass is 9.87. The van der Waals surface area contributed by atoms with Gasteiger partial charge in [-0.1, -0.05) is 43.2 Å². The summed E-state index contributed by atoms with van der Waals surface area (Å²) in [5.41, 5.74) is 3.40. The average molecular weight is 509 g/mol. The lowest BCUT2D eigenvalue weighted by Gasteiger charge is -2.34. The van der Waals surface area contributed by atoms with Crippen LogP contribution in [0.25, 0.3) is 0 Å². The Hall–Kier alpha value is -2.96. The van der Waals surface area contributed by atoms with Crippen LogP contribution in [0.15, 0.2) is 66.7 Å². The van der Waals surface area contributed by atoms with E-state index in [2.05, 4.69) is 21.9 Å². The standard InChI is InChI=1S/C31H38F2N2O2/c1-36-30-16-7-24(22-31(30)37-2)23-35-20-18-34(19-21-35)17-5-3-4-6-29(25-8-12-27(32)13-9-25)26-10-14-28(33)15-11-26/h7-16,22,29H,3-6,17-21,23H2,1-2H3. The van der Waals surface area contributed by atoms with Gasteiger partial charge in [0.2, 0.25) is 0 Å². The molecule has 0 N–H and O–H groups in total. The Bertz CT molecular complexity index is 1050. The van der Waals surface area contributed by atoms with E-state index in [0.717, 1.165) is 87.6 Å². The summed E-state index contributed by atoms with van der Waals surface area (Å²) < 4.78 is 37.7. The Morgan fingerprint density at radius 3 is 1.81 bits per heavy atom. The van der Waals surface area contributed by atoms with Gasteiger partial charge >= 0.3 is 0 Å². The van der Waals surface area contributed by atoms with E-state index in [9.17, 15) is 8.78 Å². The number of unbranched alkanes of at least 4 members (excludes halogenated alkanes) is 2. The molecule has 0 unspecified atom stereocenters. The van der Waals surface area contributed by atoms with Crippen LogP contribution in [0.5, 0.6) is 11.5 Å². The Kier molecular flexibility index (Phi) is 9.92. The van der Waals surface area contributed by atoms with Crippen molar-refractivity contribution in [1.29, 1.82) is 0 Å². The maximum absolute atomic E-state index is 13.5. The van der Waals surface area contributed by atoms with Crippen molar-refractivity contribution in [3.05, 3.63) is 95.1 Å². The molecule has 37 heavy (non-hydrogen) atoms. The van der Waals surface area contributed by atoms with Crippen molar-refractivity contribution in [2.24, 2.45) is 0 Å². The van der Waals surface area contributed by atoms with Crippen molar-refractivity contribution in [2.45, 2.75) is 38.1 Å². The fourth-order valence-corrected chi connectivity index (χ4v) is 5.18. The fraction of sp³-hybridized carbons (Fsp3) is 0.419. The zero-order chi connectivity index (χ0) is 26.0. The van der Waals surface area contributed by atoms with Gasteiger partial charge in [-0.3, -0.25) is 4.90 Å². The van der Waals surface area contributed by atoms with Crippen LogP contribution < -0.4 is 9.47 Å². The molecule has 0 amide bonds. The fourth-order valence-electron chi connectivity index (χ4n) is 5.18. The van der Waals surface area contributed by atoms with E-state index in [1.165, 1.54) is 29.8 Å². The van der Waals surface area contributed by atoms with Gasteiger partial charge in [0.25, 0.3) is 0 Å². The third-order valence-corrected chi connectivity index (χ3v) is 7.33. The Labute approximate surface area is 219 Å². The first-order chi connectivity index (χ1) is 18.1. The summed E-state index contributed by atoms with van der Waals surface area (Å²) >= 11 is 0. The summed E-state index contributed by atoms with van der Waals surface area (Å²) in [5, 5.41) is 0. The first-order valence-electron chi connectivity index (χ1n) is 13.2. The highest BCUT2D eigenvalue weighted by molar-refractivity contribution is 5.42. The lowest BCUT2D eigenvalue weighted by Crippen LogP contribution is -2.46. The highest BCUT2D eigenvalue weighted by Gasteiger charge is 2.18. The van der Waals surface area contributed by atoms with Crippen LogP contribution in [0.3, 0.4) is 0 Å². The largest absolute Gasteiger partial charge is 0.493 e. The minimum atomic E-state index is -0.231. The molecular formula is C31H38F2N2O2. The van der Waals surface area contributed by atoms with Crippen molar-refractivity contribution >= 4 is 0 Å². The summed E-state index contributed by atoms with van der Waals surface area (Å²) in [6.07, 6.45) is 4.36. The number of nitrogens with zero attached hydrogens (tertiary/aromatic N) is 2. The van der Waals surface area contributed by atoms with Gasteiger partial charge in [0.05, 0.1) is 14.2 Å². The molecule has 0 saturated carbocycles. The van der Waals surface area contributed by atoms with Crippen molar-refractivity contribution in [1.82, 2.24) is 9.80 Å². The number of methoxy groups -OCH3 is 2. The molecule has 1 aliphatic rings. The van der Waals surface area contributed by atoms with E-state index in [-0.39, 0.29) is 17.6 Å². The number of hydrogen-bond acceptors (Lipinski definition) is 4. The Morgan fingerprint density at radius 2 is 1.24 bits per heavy atom.